The van der Waals surface area contributed by atoms with Crippen LogP contribution in [0.3, 0.4) is 0 Å². The van der Waals surface area contributed by atoms with Crippen LogP contribution in [0.4, 0.5) is 4.39 Å². The van der Waals surface area contributed by atoms with Crippen molar-refractivity contribution in [1.82, 2.24) is 0 Å². The zero-order chi connectivity index (χ0) is 12.3. The van der Waals surface area contributed by atoms with Gasteiger partial charge in [0.25, 0.3) is 0 Å². The summed E-state index contributed by atoms with van der Waals surface area (Å²) in [6.45, 7) is -1.45. The smallest absolute Gasteiger partial charge is 0.146 e. The lowest BCUT2D eigenvalue weighted by Gasteiger charge is -2.32. The summed E-state index contributed by atoms with van der Waals surface area (Å²) in [6, 6.07) is -1.09. The van der Waals surface area contributed by atoms with Gasteiger partial charge < -0.3 is 18.9 Å². The maximum atomic E-state index is 13.6. The Morgan fingerprint density at radius 2 is 2.25 bits per heavy atom. The van der Waals surface area contributed by atoms with Gasteiger partial charge in [-0.15, -0.1) is 0 Å². The highest BCUT2D eigenvalue weighted by atomic mass is 32.5. The topological polar surface area (TPSA) is 50.8 Å². The summed E-state index contributed by atoms with van der Waals surface area (Å²) in [5.41, 5.74) is 0. The molecule has 4 nitrogen and oxygen atoms in total. The highest BCUT2D eigenvalue weighted by Gasteiger charge is 2.43. The number of alkyl halides is 1. The second-order valence-electron chi connectivity index (χ2n) is 3.54. The number of ether oxygens (including phenoxy) is 2. The van der Waals surface area contributed by atoms with E-state index in [1.807, 2.05) is 0 Å². The molecular formula is C8H14BFO4PS-. The largest absolute Gasteiger partial charge is 0.801 e. The van der Waals surface area contributed by atoms with Gasteiger partial charge in [-0.25, -0.2) is 4.39 Å². The van der Waals surface area contributed by atoms with Gasteiger partial charge in [0, 0.05) is 7.11 Å². The Hall–Kier alpha value is 0.485. The molecule has 5 atom stereocenters. The minimum Gasteiger partial charge on any atom is -0.801 e. The van der Waals surface area contributed by atoms with Crippen molar-refractivity contribution in [2.45, 2.75) is 31.3 Å². The molecule has 0 aromatic carbocycles. The molecule has 2 radical (unpaired) electrons. The van der Waals surface area contributed by atoms with Gasteiger partial charge in [0.2, 0.25) is 0 Å². The second kappa shape index (κ2) is 5.89. The molecule has 0 aliphatic carbocycles. The molecule has 0 saturated carbocycles. The average molecular weight is 267 g/mol. The summed E-state index contributed by atoms with van der Waals surface area (Å²) in [5.74, 6) is 0. The molecule has 8 heteroatoms. The predicted octanol–water partition coefficient (Wildman–Crippen LogP) is -0.0608. The fraction of sp³-hybridized carbons (Fsp3) is 1.00. The molecule has 0 aromatic heterocycles. The average Bonchev–Trinajstić information content (AvgIpc) is 2.47. The lowest BCUT2D eigenvalue weighted by atomic mass is 9.94. The Morgan fingerprint density at radius 3 is 2.75 bits per heavy atom. The molecule has 1 aliphatic heterocycles. The van der Waals surface area contributed by atoms with Crippen LogP contribution in [0.15, 0.2) is 0 Å². The number of halogens is 1. The van der Waals surface area contributed by atoms with Gasteiger partial charge in [-0.05, 0) is 12.7 Å². The second-order valence-corrected chi connectivity index (χ2v) is 7.27. The van der Waals surface area contributed by atoms with E-state index in [1.165, 1.54) is 7.11 Å². The Bertz CT molecular complexity index is 283. The highest BCUT2D eigenvalue weighted by molar-refractivity contribution is 8.08. The van der Waals surface area contributed by atoms with Crippen molar-refractivity contribution in [3.05, 3.63) is 0 Å². The van der Waals surface area contributed by atoms with E-state index in [1.54, 1.807) is 6.92 Å². The van der Waals surface area contributed by atoms with E-state index in [0.29, 0.717) is 0 Å². The summed E-state index contributed by atoms with van der Waals surface area (Å²) in [4.78, 5) is 11.6. The van der Waals surface area contributed by atoms with Crippen molar-refractivity contribution in [1.29, 1.82) is 0 Å². The van der Waals surface area contributed by atoms with E-state index < -0.39 is 30.9 Å². The molecule has 1 saturated heterocycles. The zero-order valence-electron chi connectivity index (χ0n) is 9.17. The molecule has 92 valence electrons. The molecule has 0 spiro atoms. The third-order valence-electron chi connectivity index (χ3n) is 2.33. The van der Waals surface area contributed by atoms with Gasteiger partial charge in [-0.1, -0.05) is 18.7 Å². The Kier molecular flexibility index (Phi) is 5.36. The summed E-state index contributed by atoms with van der Waals surface area (Å²) < 4.78 is 28.7. The monoisotopic (exact) mass is 267 g/mol. The zero-order valence-corrected chi connectivity index (χ0v) is 10.9. The summed E-state index contributed by atoms with van der Waals surface area (Å²) in [5, 5.41) is 0. The molecule has 0 aromatic rings. The number of hydrogen-bond donors (Lipinski definition) is 0. The van der Waals surface area contributed by atoms with Gasteiger partial charge in [0.15, 0.2) is 0 Å². The Morgan fingerprint density at radius 1 is 1.62 bits per heavy atom. The number of rotatable bonds is 5. The molecule has 16 heavy (non-hydrogen) atoms. The van der Waals surface area contributed by atoms with Crippen LogP contribution in [0.25, 0.3) is 0 Å². The van der Waals surface area contributed by atoms with Crippen LogP contribution in [-0.4, -0.2) is 52.1 Å². The molecule has 1 rings (SSSR count). The van der Waals surface area contributed by atoms with E-state index in [0.717, 1.165) is 0 Å². The highest BCUT2D eigenvalue weighted by Crippen LogP contribution is 2.42. The van der Waals surface area contributed by atoms with Gasteiger partial charge in [-0.2, -0.15) is 0 Å². The van der Waals surface area contributed by atoms with Crippen molar-refractivity contribution in [2.75, 3.05) is 19.9 Å². The van der Waals surface area contributed by atoms with Crippen LogP contribution in [0.5, 0.6) is 0 Å². The van der Waals surface area contributed by atoms with Gasteiger partial charge in [0.1, 0.15) is 26.2 Å². The fourth-order valence-corrected chi connectivity index (χ4v) is 2.50. The lowest BCUT2D eigenvalue weighted by Crippen LogP contribution is -2.35. The maximum Gasteiger partial charge on any atom is 0.146 e. The van der Waals surface area contributed by atoms with E-state index in [9.17, 15) is 9.28 Å². The van der Waals surface area contributed by atoms with Crippen molar-refractivity contribution < 1.29 is 23.3 Å². The van der Waals surface area contributed by atoms with Gasteiger partial charge in [0.05, 0.1) is 12.6 Å². The van der Waals surface area contributed by atoms with Crippen molar-refractivity contribution in [2.24, 2.45) is 0 Å². The first kappa shape index (κ1) is 14.5. The molecule has 1 aliphatic rings. The first-order valence-electron chi connectivity index (χ1n) is 4.93. The van der Waals surface area contributed by atoms with E-state index >= 15 is 0 Å². The summed E-state index contributed by atoms with van der Waals surface area (Å²) in [6.07, 6.45) is -3.06. The summed E-state index contributed by atoms with van der Waals surface area (Å²) in [7, 11) is 6.84. The molecule has 1 heterocycles. The SMILES string of the molecule is [B][C@@H]1O[C@H](COC)C(OP([O-])(=S)CC)[C@H]1F. The Balaban J connectivity index is 2.70. The Labute approximate surface area is 101 Å². The third kappa shape index (κ3) is 3.49. The van der Waals surface area contributed by atoms with Crippen LogP contribution in [0, 0.1) is 0 Å². The van der Waals surface area contributed by atoms with Crippen LogP contribution < -0.4 is 4.89 Å². The molecule has 0 bridgehead atoms. The molecular weight excluding hydrogens is 253 g/mol. The predicted molar refractivity (Wildman–Crippen MR) is 60.9 cm³/mol. The van der Waals surface area contributed by atoms with Crippen LogP contribution in [-0.2, 0) is 25.8 Å². The van der Waals surface area contributed by atoms with Gasteiger partial charge in [-0.3, -0.25) is 0 Å². The molecule has 2 unspecified atom stereocenters. The molecule has 0 N–H and O–H groups in total. The number of hydrogen-bond acceptors (Lipinski definition) is 5. The third-order valence-corrected chi connectivity index (χ3v) is 4.70. The van der Waals surface area contributed by atoms with Crippen LogP contribution >= 0.6 is 6.49 Å². The van der Waals surface area contributed by atoms with E-state index in [2.05, 4.69) is 0 Å². The van der Waals surface area contributed by atoms with Crippen molar-refractivity contribution >= 4 is 26.1 Å². The first-order valence-corrected chi connectivity index (χ1v) is 7.76. The normalized spacial score (nSPS) is 38.5. The van der Waals surface area contributed by atoms with E-state index in [4.69, 9.17) is 33.7 Å². The van der Waals surface area contributed by atoms with Crippen LogP contribution in [0.2, 0.25) is 0 Å². The first-order chi connectivity index (χ1) is 7.41. The quantitative estimate of drug-likeness (QED) is 0.516. The molecule has 0 amide bonds. The molecule has 1 fully saturated rings. The number of methoxy groups -OCH3 is 1. The summed E-state index contributed by atoms with van der Waals surface area (Å²) >= 11 is 4.74. The van der Waals surface area contributed by atoms with E-state index in [-0.39, 0.29) is 12.8 Å². The maximum absolute atomic E-state index is 13.6. The minimum absolute atomic E-state index is 0.123. The fourth-order valence-electron chi connectivity index (χ4n) is 1.43. The standard InChI is InChI=1S/C8H15BFO4PS/c1-3-15(11,16)14-7-5(4-12-2)13-8(9)6(7)10/h5-8H,3-4H2,1-2H3,(H,11,16)/p-1/t5-,6-,7?,8-,15?/m1/s1. The van der Waals surface area contributed by atoms with Crippen molar-refractivity contribution in [3.63, 3.8) is 0 Å². The van der Waals surface area contributed by atoms with Gasteiger partial charge >= 0.3 is 0 Å². The lowest BCUT2D eigenvalue weighted by molar-refractivity contribution is -0.189. The minimum atomic E-state index is -3.20. The van der Waals surface area contributed by atoms with Crippen molar-refractivity contribution in [3.8, 4) is 0 Å². The van der Waals surface area contributed by atoms with Crippen LogP contribution in [0.1, 0.15) is 6.92 Å².